The van der Waals surface area contributed by atoms with Gasteiger partial charge >= 0.3 is 0 Å². The fraction of sp³-hybridized carbons (Fsp3) is 0.0476. The molecule has 0 saturated carbocycles. The van der Waals surface area contributed by atoms with Gasteiger partial charge in [-0.1, -0.05) is 42.5 Å². The number of para-hydroxylation sites is 2. The molecule has 0 radical (unpaired) electrons. The summed E-state index contributed by atoms with van der Waals surface area (Å²) in [6.07, 6.45) is 1.67. The number of hydrogen-bond acceptors (Lipinski definition) is 4. The first-order valence-corrected chi connectivity index (χ1v) is 8.48. The zero-order chi connectivity index (χ0) is 18.6. The van der Waals surface area contributed by atoms with Gasteiger partial charge in [0, 0.05) is 18.3 Å². The first-order chi connectivity index (χ1) is 13.2. The number of non-ortho nitro benzene ring substituents is 1. The molecular formula is C21H16N4O2. The quantitative estimate of drug-likeness (QED) is 0.294. The third-order valence-corrected chi connectivity index (χ3v) is 4.25. The first-order valence-electron chi connectivity index (χ1n) is 8.48. The molecule has 0 atom stereocenters. The lowest BCUT2D eigenvalue weighted by atomic mass is 10.2. The average molecular weight is 356 g/mol. The zero-order valence-electron chi connectivity index (χ0n) is 14.4. The van der Waals surface area contributed by atoms with E-state index in [2.05, 4.69) is 26.7 Å². The lowest BCUT2D eigenvalue weighted by Crippen LogP contribution is -1.99. The highest BCUT2D eigenvalue weighted by molar-refractivity contribution is 5.84. The number of fused-ring (bicyclic) bond motifs is 1. The predicted octanol–water partition coefficient (Wildman–Crippen LogP) is 4.74. The van der Waals surface area contributed by atoms with Gasteiger partial charge in [-0.25, -0.2) is 9.98 Å². The van der Waals surface area contributed by atoms with E-state index in [9.17, 15) is 10.1 Å². The van der Waals surface area contributed by atoms with E-state index < -0.39 is 4.92 Å². The van der Waals surface area contributed by atoms with Gasteiger partial charge in [-0.05, 0) is 35.4 Å². The predicted molar refractivity (Wildman–Crippen MR) is 106 cm³/mol. The lowest BCUT2D eigenvalue weighted by molar-refractivity contribution is -0.384. The van der Waals surface area contributed by atoms with E-state index in [-0.39, 0.29) is 5.69 Å². The molecule has 0 amide bonds. The van der Waals surface area contributed by atoms with Crippen LogP contribution in [0.25, 0.3) is 11.0 Å². The molecule has 132 valence electrons. The van der Waals surface area contributed by atoms with Crippen LogP contribution in [-0.4, -0.2) is 20.7 Å². The fourth-order valence-corrected chi connectivity index (χ4v) is 2.90. The van der Waals surface area contributed by atoms with Crippen LogP contribution in [0, 0.1) is 10.1 Å². The van der Waals surface area contributed by atoms with Crippen molar-refractivity contribution in [2.75, 3.05) is 0 Å². The molecule has 0 spiro atoms. The van der Waals surface area contributed by atoms with Crippen molar-refractivity contribution in [1.29, 1.82) is 0 Å². The van der Waals surface area contributed by atoms with E-state index in [0.717, 1.165) is 22.2 Å². The number of nitrogens with zero attached hydrogens (tertiary/aromatic N) is 4. The van der Waals surface area contributed by atoms with Gasteiger partial charge in [0.2, 0.25) is 5.95 Å². The smallest absolute Gasteiger partial charge is 0.269 e. The minimum Gasteiger partial charge on any atom is -0.304 e. The Kier molecular flexibility index (Phi) is 4.45. The molecule has 0 unspecified atom stereocenters. The monoisotopic (exact) mass is 356 g/mol. The molecule has 0 fully saturated rings. The molecule has 0 N–H and O–H groups in total. The molecule has 0 aliphatic rings. The maximum absolute atomic E-state index is 10.8. The Morgan fingerprint density at radius 3 is 2.41 bits per heavy atom. The zero-order valence-corrected chi connectivity index (χ0v) is 14.4. The van der Waals surface area contributed by atoms with Crippen LogP contribution in [0.2, 0.25) is 0 Å². The van der Waals surface area contributed by atoms with Crippen molar-refractivity contribution in [2.24, 2.45) is 4.99 Å². The molecule has 4 rings (SSSR count). The van der Waals surface area contributed by atoms with Crippen LogP contribution in [0.15, 0.2) is 83.9 Å². The summed E-state index contributed by atoms with van der Waals surface area (Å²) in [4.78, 5) is 19.5. The molecule has 0 aliphatic heterocycles. The van der Waals surface area contributed by atoms with Crippen LogP contribution in [0.4, 0.5) is 11.6 Å². The molecule has 0 bridgehead atoms. The van der Waals surface area contributed by atoms with Crippen molar-refractivity contribution >= 4 is 28.9 Å². The lowest BCUT2D eigenvalue weighted by Gasteiger charge is -2.06. The van der Waals surface area contributed by atoms with E-state index in [1.165, 1.54) is 12.1 Å². The van der Waals surface area contributed by atoms with Gasteiger partial charge in [0.25, 0.3) is 5.69 Å². The van der Waals surface area contributed by atoms with Crippen molar-refractivity contribution in [1.82, 2.24) is 9.55 Å². The van der Waals surface area contributed by atoms with Gasteiger partial charge < -0.3 is 4.57 Å². The third kappa shape index (κ3) is 3.59. The Bertz CT molecular complexity index is 1120. The number of imidazole rings is 1. The molecule has 3 aromatic carbocycles. The highest BCUT2D eigenvalue weighted by atomic mass is 16.6. The maximum Gasteiger partial charge on any atom is 0.269 e. The summed E-state index contributed by atoms with van der Waals surface area (Å²) in [5.41, 5.74) is 3.89. The third-order valence-electron chi connectivity index (χ3n) is 4.25. The second-order valence-electron chi connectivity index (χ2n) is 6.08. The molecule has 0 aliphatic carbocycles. The molecule has 6 heteroatoms. The number of rotatable bonds is 5. The first kappa shape index (κ1) is 16.7. The van der Waals surface area contributed by atoms with Gasteiger partial charge in [-0.2, -0.15) is 0 Å². The second-order valence-corrected chi connectivity index (χ2v) is 6.08. The standard InChI is InChI=1S/C21H16N4O2/c26-25(27)18-12-10-16(11-13-18)14-22-21-23-19-8-4-5-9-20(19)24(21)15-17-6-2-1-3-7-17/h1-14H,15H2. The van der Waals surface area contributed by atoms with E-state index in [1.54, 1.807) is 18.3 Å². The summed E-state index contributed by atoms with van der Waals surface area (Å²) >= 11 is 0. The number of hydrogen-bond donors (Lipinski definition) is 0. The van der Waals surface area contributed by atoms with Crippen molar-refractivity contribution < 1.29 is 4.92 Å². The van der Waals surface area contributed by atoms with Crippen LogP contribution in [0.3, 0.4) is 0 Å². The van der Waals surface area contributed by atoms with Gasteiger partial charge in [-0.3, -0.25) is 10.1 Å². The van der Waals surface area contributed by atoms with Crippen LogP contribution in [0.5, 0.6) is 0 Å². The van der Waals surface area contributed by atoms with Gasteiger partial charge in [-0.15, -0.1) is 0 Å². The van der Waals surface area contributed by atoms with Crippen molar-refractivity contribution in [3.05, 3.63) is 100 Å². The Balaban J connectivity index is 1.70. The Morgan fingerprint density at radius 2 is 1.67 bits per heavy atom. The summed E-state index contributed by atoms with van der Waals surface area (Å²) in [6.45, 7) is 0.661. The Morgan fingerprint density at radius 1 is 0.963 bits per heavy atom. The minimum absolute atomic E-state index is 0.0588. The number of aromatic nitrogens is 2. The van der Waals surface area contributed by atoms with Crippen molar-refractivity contribution in [3.63, 3.8) is 0 Å². The minimum atomic E-state index is -0.416. The number of benzene rings is 3. The largest absolute Gasteiger partial charge is 0.304 e. The van der Waals surface area contributed by atoms with Crippen molar-refractivity contribution in [3.8, 4) is 0 Å². The summed E-state index contributed by atoms with van der Waals surface area (Å²) in [6, 6.07) is 24.3. The van der Waals surface area contributed by atoms with E-state index >= 15 is 0 Å². The molecule has 6 nitrogen and oxygen atoms in total. The number of nitro benzene ring substituents is 1. The molecule has 1 heterocycles. The van der Waals surface area contributed by atoms with E-state index in [0.29, 0.717) is 12.5 Å². The highest BCUT2D eigenvalue weighted by Gasteiger charge is 2.10. The molecule has 0 saturated heterocycles. The van der Waals surface area contributed by atoms with Gasteiger partial charge in [0.05, 0.1) is 22.5 Å². The van der Waals surface area contributed by atoms with Crippen molar-refractivity contribution in [2.45, 2.75) is 6.54 Å². The summed E-state index contributed by atoms with van der Waals surface area (Å²) in [7, 11) is 0. The molecule has 27 heavy (non-hydrogen) atoms. The normalized spacial score (nSPS) is 11.3. The number of aliphatic imine (C=N–C) groups is 1. The molecular weight excluding hydrogens is 340 g/mol. The summed E-state index contributed by atoms with van der Waals surface area (Å²) in [5.74, 6) is 0.596. The highest BCUT2D eigenvalue weighted by Crippen LogP contribution is 2.23. The van der Waals surface area contributed by atoms with Crippen LogP contribution in [-0.2, 0) is 6.54 Å². The second kappa shape index (κ2) is 7.21. The van der Waals surface area contributed by atoms with Crippen LogP contribution >= 0.6 is 0 Å². The van der Waals surface area contributed by atoms with E-state index in [1.807, 2.05) is 42.5 Å². The fourth-order valence-electron chi connectivity index (χ4n) is 2.90. The van der Waals surface area contributed by atoms with Crippen LogP contribution in [0.1, 0.15) is 11.1 Å². The Hall–Kier alpha value is -3.80. The SMILES string of the molecule is O=[N+]([O-])c1ccc(C=Nc2nc3ccccc3n2Cc2ccccc2)cc1. The van der Waals surface area contributed by atoms with Gasteiger partial charge in [0.1, 0.15) is 0 Å². The molecule has 1 aromatic heterocycles. The van der Waals surface area contributed by atoms with Crippen LogP contribution < -0.4 is 0 Å². The number of nitro groups is 1. The topological polar surface area (TPSA) is 73.3 Å². The maximum atomic E-state index is 10.8. The average Bonchev–Trinajstić information content (AvgIpc) is 3.05. The Labute approximate surface area is 155 Å². The molecule has 4 aromatic rings. The summed E-state index contributed by atoms with van der Waals surface area (Å²) in [5, 5.41) is 10.8. The van der Waals surface area contributed by atoms with E-state index in [4.69, 9.17) is 0 Å². The van der Waals surface area contributed by atoms with Gasteiger partial charge in [0.15, 0.2) is 0 Å². The summed E-state index contributed by atoms with van der Waals surface area (Å²) < 4.78 is 2.06.